The van der Waals surface area contributed by atoms with Gasteiger partial charge in [-0.15, -0.1) is 45.3 Å². The van der Waals surface area contributed by atoms with Crippen molar-refractivity contribution in [2.24, 2.45) is 0 Å². The van der Waals surface area contributed by atoms with Crippen LogP contribution in [0.1, 0.15) is 0 Å². The molecule has 276 valence electrons. The van der Waals surface area contributed by atoms with Gasteiger partial charge in [-0.1, -0.05) is 97.1 Å². The number of nitrogens with zero attached hydrogens (tertiary/aromatic N) is 4. The molecule has 0 saturated heterocycles. The minimum absolute atomic E-state index is 0.571. The number of fused-ring (bicyclic) bond motifs is 12. The Kier molecular flexibility index (Phi) is 7.35. The summed E-state index contributed by atoms with van der Waals surface area (Å²) in [5.41, 5.74) is 3.97. The molecule has 59 heavy (non-hydrogen) atoms. The SMILES string of the molecule is c1ccc2c(c1)sc1cc(N(c3nc(-c4ccc5sc6ccccc6c5c4)nc(-c4cccc5c4sc4ccccc45)n3)c3cccc4sc5ccccc5c34)ccc12. The minimum Gasteiger partial charge on any atom is -0.278 e. The molecule has 0 aliphatic carbocycles. The van der Waals surface area contributed by atoms with E-state index in [0.717, 1.165) is 22.5 Å². The number of benzene rings is 8. The van der Waals surface area contributed by atoms with E-state index >= 15 is 0 Å². The molecule has 5 heterocycles. The van der Waals surface area contributed by atoms with E-state index in [1.807, 2.05) is 34.0 Å². The summed E-state index contributed by atoms with van der Waals surface area (Å²) in [6.07, 6.45) is 0. The number of anilines is 3. The largest absolute Gasteiger partial charge is 0.278 e. The first-order chi connectivity index (χ1) is 29.2. The van der Waals surface area contributed by atoms with Crippen molar-refractivity contribution in [1.29, 1.82) is 0 Å². The van der Waals surface area contributed by atoms with Crippen molar-refractivity contribution >= 4 is 143 Å². The minimum atomic E-state index is 0.571. The van der Waals surface area contributed by atoms with Crippen molar-refractivity contribution in [3.05, 3.63) is 170 Å². The van der Waals surface area contributed by atoms with Gasteiger partial charge in [0.2, 0.25) is 5.95 Å². The lowest BCUT2D eigenvalue weighted by molar-refractivity contribution is 1.03. The van der Waals surface area contributed by atoms with E-state index in [4.69, 9.17) is 15.0 Å². The van der Waals surface area contributed by atoms with Crippen LogP contribution >= 0.6 is 45.3 Å². The smallest absolute Gasteiger partial charge is 0.238 e. The molecule has 0 atom stereocenters. The number of hydrogen-bond donors (Lipinski definition) is 0. The van der Waals surface area contributed by atoms with Crippen LogP contribution in [0.5, 0.6) is 0 Å². The summed E-state index contributed by atoms with van der Waals surface area (Å²) in [6, 6.07) is 61.2. The second-order valence-electron chi connectivity index (χ2n) is 14.7. The van der Waals surface area contributed by atoms with Crippen LogP contribution < -0.4 is 4.90 Å². The average molecular weight is 825 g/mol. The summed E-state index contributed by atoms with van der Waals surface area (Å²) in [4.78, 5) is 18.7. The lowest BCUT2D eigenvalue weighted by Crippen LogP contribution is -2.15. The van der Waals surface area contributed by atoms with Crippen LogP contribution in [0.2, 0.25) is 0 Å². The standard InChI is InChI=1S/C51H28N4S4/c1-5-18-40-31(11-1)34-25-24-30(28-46(34)58-40)55(39-17-10-22-45-47(39)36-14-4-8-21-43(36)57-45)51-53-49(29-23-26-44-38(27-29)33-13-3-6-19-41(33)56-44)52-50(54-51)37-16-9-15-35-32-12-2-7-20-42(32)59-48(35)37/h1-28H. The molecule has 8 aromatic carbocycles. The molecule has 0 fully saturated rings. The Morgan fingerprint density at radius 3 is 1.71 bits per heavy atom. The summed E-state index contributed by atoms with van der Waals surface area (Å²) in [5.74, 6) is 1.85. The van der Waals surface area contributed by atoms with Crippen LogP contribution in [-0.2, 0) is 0 Å². The Bertz CT molecular complexity index is 3830. The highest BCUT2D eigenvalue weighted by Crippen LogP contribution is 2.47. The molecule has 4 nitrogen and oxygen atoms in total. The molecular formula is C51H28N4S4. The first-order valence-corrected chi connectivity index (χ1v) is 22.7. The topological polar surface area (TPSA) is 41.9 Å². The highest BCUT2D eigenvalue weighted by molar-refractivity contribution is 7.27. The zero-order chi connectivity index (χ0) is 38.6. The fourth-order valence-corrected chi connectivity index (χ4v) is 13.2. The Morgan fingerprint density at radius 1 is 0.356 bits per heavy atom. The van der Waals surface area contributed by atoms with Gasteiger partial charge in [-0.25, -0.2) is 4.98 Å². The number of thiophene rings is 4. The van der Waals surface area contributed by atoms with Crippen LogP contribution in [-0.4, -0.2) is 15.0 Å². The van der Waals surface area contributed by atoms with E-state index in [1.165, 1.54) is 80.7 Å². The maximum Gasteiger partial charge on any atom is 0.238 e. The third-order valence-corrected chi connectivity index (χ3v) is 16.0. The van der Waals surface area contributed by atoms with Crippen LogP contribution in [0.4, 0.5) is 17.3 Å². The van der Waals surface area contributed by atoms with E-state index < -0.39 is 0 Å². The Labute approximate surface area is 353 Å². The molecule has 13 rings (SSSR count). The third-order valence-electron chi connectivity index (χ3n) is 11.3. The molecular weight excluding hydrogens is 797 g/mol. The number of rotatable bonds is 5. The molecule has 0 unspecified atom stereocenters. The van der Waals surface area contributed by atoms with Crippen molar-refractivity contribution < 1.29 is 0 Å². The normalized spacial score (nSPS) is 12.1. The molecule has 0 N–H and O–H groups in total. The molecule has 8 heteroatoms. The molecule has 0 bridgehead atoms. The summed E-state index contributed by atoms with van der Waals surface area (Å²) in [5, 5.41) is 9.83. The maximum atomic E-state index is 5.52. The first-order valence-electron chi connectivity index (χ1n) is 19.4. The zero-order valence-electron chi connectivity index (χ0n) is 31.1. The number of aromatic nitrogens is 3. The van der Waals surface area contributed by atoms with Gasteiger partial charge in [0.15, 0.2) is 11.6 Å². The van der Waals surface area contributed by atoms with Crippen molar-refractivity contribution in [3.8, 4) is 22.8 Å². The second kappa shape index (κ2) is 13.0. The summed E-state index contributed by atoms with van der Waals surface area (Å²) in [7, 11) is 0. The predicted molar refractivity (Wildman–Crippen MR) is 257 cm³/mol. The third kappa shape index (κ3) is 5.21. The van der Waals surface area contributed by atoms with Gasteiger partial charge in [0.1, 0.15) is 0 Å². The fraction of sp³-hybridized carbons (Fsp3) is 0. The highest BCUT2D eigenvalue weighted by Gasteiger charge is 2.25. The second-order valence-corrected chi connectivity index (χ2v) is 19.0. The quantitative estimate of drug-likeness (QED) is 0.173. The summed E-state index contributed by atoms with van der Waals surface area (Å²) < 4.78 is 9.88. The molecule has 0 aliphatic rings. The molecule has 13 aromatic rings. The molecule has 0 amide bonds. The first kappa shape index (κ1) is 33.4. The van der Waals surface area contributed by atoms with Crippen molar-refractivity contribution in [1.82, 2.24) is 15.0 Å². The van der Waals surface area contributed by atoms with Crippen molar-refractivity contribution in [3.63, 3.8) is 0 Å². The van der Waals surface area contributed by atoms with Crippen molar-refractivity contribution in [2.75, 3.05) is 4.90 Å². The Hall–Kier alpha value is -6.55. The fourth-order valence-electron chi connectivity index (χ4n) is 8.66. The van der Waals surface area contributed by atoms with E-state index in [1.54, 1.807) is 11.3 Å². The van der Waals surface area contributed by atoms with Crippen LogP contribution in [0.3, 0.4) is 0 Å². The van der Waals surface area contributed by atoms with E-state index in [0.29, 0.717) is 17.6 Å². The van der Waals surface area contributed by atoms with Crippen LogP contribution in [0.25, 0.3) is 103 Å². The van der Waals surface area contributed by atoms with Gasteiger partial charge < -0.3 is 0 Å². The average Bonchev–Trinajstić information content (AvgIpc) is 4.06. The van der Waals surface area contributed by atoms with E-state index in [9.17, 15) is 0 Å². The van der Waals surface area contributed by atoms with Crippen molar-refractivity contribution in [2.45, 2.75) is 0 Å². The summed E-state index contributed by atoms with van der Waals surface area (Å²) in [6.45, 7) is 0. The molecule has 5 aromatic heterocycles. The molecule has 0 aliphatic heterocycles. The Morgan fingerprint density at radius 2 is 0.915 bits per heavy atom. The van der Waals surface area contributed by atoms with Gasteiger partial charge in [-0.05, 0) is 72.8 Å². The van der Waals surface area contributed by atoms with Gasteiger partial charge in [0.25, 0.3) is 0 Å². The monoisotopic (exact) mass is 824 g/mol. The van der Waals surface area contributed by atoms with Gasteiger partial charge in [0, 0.05) is 91.8 Å². The molecule has 0 saturated carbocycles. The number of hydrogen-bond acceptors (Lipinski definition) is 8. The lowest BCUT2D eigenvalue weighted by Gasteiger charge is -2.25. The van der Waals surface area contributed by atoms with Gasteiger partial charge in [-0.2, -0.15) is 9.97 Å². The van der Waals surface area contributed by atoms with Crippen LogP contribution in [0.15, 0.2) is 170 Å². The van der Waals surface area contributed by atoms with E-state index in [-0.39, 0.29) is 0 Å². The van der Waals surface area contributed by atoms with Gasteiger partial charge >= 0.3 is 0 Å². The maximum absolute atomic E-state index is 5.52. The van der Waals surface area contributed by atoms with Gasteiger partial charge in [-0.3, -0.25) is 4.90 Å². The van der Waals surface area contributed by atoms with Crippen LogP contribution in [0, 0.1) is 0 Å². The molecule has 0 spiro atoms. The van der Waals surface area contributed by atoms with Gasteiger partial charge in [0.05, 0.1) is 11.4 Å². The molecule has 0 radical (unpaired) electrons. The zero-order valence-corrected chi connectivity index (χ0v) is 34.4. The predicted octanol–water partition coefficient (Wildman–Crippen LogP) is 16.1. The van der Waals surface area contributed by atoms with E-state index in [2.05, 4.69) is 175 Å². The summed E-state index contributed by atoms with van der Waals surface area (Å²) >= 11 is 7.25. The lowest BCUT2D eigenvalue weighted by atomic mass is 10.1. The Balaban J connectivity index is 1.12. The highest BCUT2D eigenvalue weighted by atomic mass is 32.1.